The van der Waals surface area contributed by atoms with Gasteiger partial charge in [0, 0.05) is 43.6 Å². The van der Waals surface area contributed by atoms with E-state index in [9.17, 15) is 9.59 Å². The third kappa shape index (κ3) is 3.43. The number of rotatable bonds is 3. The molecule has 4 rings (SSSR count). The summed E-state index contributed by atoms with van der Waals surface area (Å²) in [5.41, 5.74) is 3.00. The molecule has 7 heteroatoms. The number of aromatic nitrogens is 2. The van der Waals surface area contributed by atoms with E-state index in [-0.39, 0.29) is 11.6 Å². The molecule has 1 saturated heterocycles. The number of hydrogen-bond acceptors (Lipinski definition) is 3. The van der Waals surface area contributed by atoms with E-state index in [2.05, 4.69) is 9.88 Å². The Balaban J connectivity index is 1.44. The van der Waals surface area contributed by atoms with Crippen LogP contribution in [0.5, 0.6) is 0 Å². The number of imidazole rings is 1. The molecule has 0 aliphatic carbocycles. The summed E-state index contributed by atoms with van der Waals surface area (Å²) < 4.78 is 1.58. The molecule has 3 aromatic rings. The lowest BCUT2D eigenvalue weighted by Crippen LogP contribution is -2.48. The summed E-state index contributed by atoms with van der Waals surface area (Å²) in [6, 6.07) is 14.9. The van der Waals surface area contributed by atoms with Crippen LogP contribution in [0, 0.1) is 6.92 Å². The summed E-state index contributed by atoms with van der Waals surface area (Å²) >= 11 is 6.28. The van der Waals surface area contributed by atoms with Gasteiger partial charge in [0.2, 0.25) is 0 Å². The Hall–Kier alpha value is -2.99. The molecule has 0 unspecified atom stereocenters. The van der Waals surface area contributed by atoms with Gasteiger partial charge in [0.05, 0.1) is 16.4 Å². The lowest BCUT2D eigenvalue weighted by Gasteiger charge is -2.36. The molecule has 1 aliphatic rings. The first-order valence-electron chi connectivity index (χ1n) is 9.21. The second-order valence-electron chi connectivity index (χ2n) is 6.85. The minimum Gasteiger partial charge on any atom is -0.367 e. The molecular formula is C21H21ClN4O2. The molecule has 1 aromatic heterocycles. The van der Waals surface area contributed by atoms with E-state index in [1.54, 1.807) is 35.0 Å². The average Bonchev–Trinajstić information content (AvgIpc) is 3.06. The Kier molecular flexibility index (Phi) is 4.96. The van der Waals surface area contributed by atoms with E-state index >= 15 is 0 Å². The van der Waals surface area contributed by atoms with Crippen molar-refractivity contribution < 1.29 is 4.79 Å². The standard InChI is InChI=1S/C21H21ClN4O2/c1-15-14-23-21(28)26(15)17-8-6-16(7-9-17)20(27)25-12-10-24(11-13-25)19-5-3-2-4-18(19)22/h2-9,14H,10-13H2,1H3,(H,23,28). The molecule has 0 atom stereocenters. The Labute approximate surface area is 168 Å². The fraction of sp³-hybridized carbons (Fsp3) is 0.238. The summed E-state index contributed by atoms with van der Waals surface area (Å²) in [6.07, 6.45) is 1.67. The third-order valence-corrected chi connectivity index (χ3v) is 5.41. The van der Waals surface area contributed by atoms with Crippen LogP contribution in [0.4, 0.5) is 5.69 Å². The molecule has 28 heavy (non-hydrogen) atoms. The number of nitrogens with zero attached hydrogens (tertiary/aromatic N) is 3. The lowest BCUT2D eigenvalue weighted by molar-refractivity contribution is 0.0747. The molecule has 144 valence electrons. The van der Waals surface area contributed by atoms with Crippen molar-refractivity contribution in [2.75, 3.05) is 31.1 Å². The van der Waals surface area contributed by atoms with E-state index in [4.69, 9.17) is 11.6 Å². The van der Waals surface area contributed by atoms with Crippen molar-refractivity contribution in [3.8, 4) is 5.69 Å². The number of carbonyl (C=O) groups excluding carboxylic acids is 1. The van der Waals surface area contributed by atoms with Gasteiger partial charge in [-0.05, 0) is 43.3 Å². The van der Waals surface area contributed by atoms with Crippen LogP contribution >= 0.6 is 11.6 Å². The largest absolute Gasteiger partial charge is 0.367 e. The van der Waals surface area contributed by atoms with Crippen molar-refractivity contribution in [2.24, 2.45) is 0 Å². The molecule has 0 saturated carbocycles. The van der Waals surface area contributed by atoms with Crippen molar-refractivity contribution >= 4 is 23.2 Å². The van der Waals surface area contributed by atoms with E-state index in [1.807, 2.05) is 36.1 Å². The number of amides is 1. The van der Waals surface area contributed by atoms with E-state index in [1.165, 1.54) is 0 Å². The summed E-state index contributed by atoms with van der Waals surface area (Å²) in [4.78, 5) is 31.5. The van der Waals surface area contributed by atoms with Crippen LogP contribution in [-0.4, -0.2) is 46.5 Å². The quantitative estimate of drug-likeness (QED) is 0.740. The van der Waals surface area contributed by atoms with Crippen LogP contribution in [0.2, 0.25) is 5.02 Å². The maximum Gasteiger partial charge on any atom is 0.330 e. The second kappa shape index (κ2) is 7.56. The Morgan fingerprint density at radius 2 is 1.68 bits per heavy atom. The zero-order chi connectivity index (χ0) is 19.7. The Bertz CT molecular complexity index is 1050. The maximum atomic E-state index is 12.8. The van der Waals surface area contributed by atoms with Gasteiger partial charge in [-0.15, -0.1) is 0 Å². The number of aromatic amines is 1. The molecule has 0 spiro atoms. The number of H-pyrrole nitrogens is 1. The van der Waals surface area contributed by atoms with Gasteiger partial charge in [-0.3, -0.25) is 9.36 Å². The molecule has 2 heterocycles. The number of anilines is 1. The first-order chi connectivity index (χ1) is 13.5. The highest BCUT2D eigenvalue weighted by atomic mass is 35.5. The van der Waals surface area contributed by atoms with Crippen molar-refractivity contribution in [1.82, 2.24) is 14.5 Å². The Morgan fingerprint density at radius 1 is 1.00 bits per heavy atom. The van der Waals surface area contributed by atoms with Gasteiger partial charge in [0.25, 0.3) is 5.91 Å². The summed E-state index contributed by atoms with van der Waals surface area (Å²) in [6.45, 7) is 4.62. The minimum atomic E-state index is -0.188. The molecule has 2 aromatic carbocycles. The normalized spacial score (nSPS) is 14.4. The lowest BCUT2D eigenvalue weighted by atomic mass is 10.1. The average molecular weight is 397 g/mol. The van der Waals surface area contributed by atoms with Crippen LogP contribution in [0.15, 0.2) is 59.5 Å². The van der Waals surface area contributed by atoms with Gasteiger partial charge in [-0.1, -0.05) is 23.7 Å². The van der Waals surface area contributed by atoms with Gasteiger partial charge in [0.1, 0.15) is 0 Å². The molecule has 0 bridgehead atoms. The van der Waals surface area contributed by atoms with Crippen LogP contribution < -0.4 is 10.6 Å². The minimum absolute atomic E-state index is 0.00324. The number of nitrogens with one attached hydrogen (secondary N) is 1. The zero-order valence-electron chi connectivity index (χ0n) is 15.6. The first kappa shape index (κ1) is 18.4. The molecule has 6 nitrogen and oxygen atoms in total. The fourth-order valence-electron chi connectivity index (χ4n) is 3.57. The van der Waals surface area contributed by atoms with Crippen LogP contribution in [0.25, 0.3) is 5.69 Å². The van der Waals surface area contributed by atoms with E-state index < -0.39 is 0 Å². The predicted molar refractivity (Wildman–Crippen MR) is 111 cm³/mol. The molecule has 1 aliphatic heterocycles. The number of para-hydroxylation sites is 1. The number of halogens is 1. The summed E-state index contributed by atoms with van der Waals surface area (Å²) in [5.74, 6) is 0.00324. The highest BCUT2D eigenvalue weighted by molar-refractivity contribution is 6.33. The maximum absolute atomic E-state index is 12.8. The van der Waals surface area contributed by atoms with Gasteiger partial charge in [0.15, 0.2) is 0 Å². The predicted octanol–water partition coefficient (Wildman–Crippen LogP) is 3.09. The Morgan fingerprint density at radius 3 is 2.29 bits per heavy atom. The number of hydrogen-bond donors (Lipinski definition) is 1. The van der Waals surface area contributed by atoms with E-state index in [0.717, 1.165) is 35.2 Å². The molecule has 0 radical (unpaired) electrons. The molecular weight excluding hydrogens is 376 g/mol. The monoisotopic (exact) mass is 396 g/mol. The van der Waals surface area contributed by atoms with Gasteiger partial charge >= 0.3 is 5.69 Å². The van der Waals surface area contributed by atoms with Crippen LogP contribution in [-0.2, 0) is 0 Å². The van der Waals surface area contributed by atoms with Crippen LogP contribution in [0.3, 0.4) is 0 Å². The smallest absolute Gasteiger partial charge is 0.330 e. The van der Waals surface area contributed by atoms with Crippen molar-refractivity contribution in [3.63, 3.8) is 0 Å². The number of piperazine rings is 1. The third-order valence-electron chi connectivity index (χ3n) is 5.09. The van der Waals surface area contributed by atoms with Crippen molar-refractivity contribution in [3.05, 3.63) is 81.5 Å². The summed E-state index contributed by atoms with van der Waals surface area (Å²) in [7, 11) is 0. The number of benzene rings is 2. The van der Waals surface area contributed by atoms with Gasteiger partial charge < -0.3 is 14.8 Å². The first-order valence-corrected chi connectivity index (χ1v) is 9.58. The SMILES string of the molecule is Cc1c[nH]c(=O)n1-c1ccc(C(=O)N2CCN(c3ccccc3Cl)CC2)cc1. The summed E-state index contributed by atoms with van der Waals surface area (Å²) in [5, 5.41) is 0.730. The van der Waals surface area contributed by atoms with Crippen molar-refractivity contribution in [2.45, 2.75) is 6.92 Å². The number of carbonyl (C=O) groups is 1. The molecule has 1 N–H and O–H groups in total. The number of aryl methyl sites for hydroxylation is 1. The van der Waals surface area contributed by atoms with Gasteiger partial charge in [-0.25, -0.2) is 4.79 Å². The molecule has 1 fully saturated rings. The molecule has 1 amide bonds. The topological polar surface area (TPSA) is 61.3 Å². The van der Waals surface area contributed by atoms with Crippen LogP contribution in [0.1, 0.15) is 16.1 Å². The highest BCUT2D eigenvalue weighted by Gasteiger charge is 2.23. The fourth-order valence-corrected chi connectivity index (χ4v) is 3.83. The zero-order valence-corrected chi connectivity index (χ0v) is 16.3. The van der Waals surface area contributed by atoms with Gasteiger partial charge in [-0.2, -0.15) is 0 Å². The highest BCUT2D eigenvalue weighted by Crippen LogP contribution is 2.26. The van der Waals surface area contributed by atoms with Crippen molar-refractivity contribution in [1.29, 1.82) is 0 Å². The van der Waals surface area contributed by atoms with E-state index in [0.29, 0.717) is 18.7 Å². The second-order valence-corrected chi connectivity index (χ2v) is 7.26.